The predicted octanol–water partition coefficient (Wildman–Crippen LogP) is 1.76. The van der Waals surface area contributed by atoms with E-state index in [1.165, 1.54) is 12.1 Å². The molecule has 4 nitrogen and oxygen atoms in total. The van der Waals surface area contributed by atoms with E-state index in [0.29, 0.717) is 25.1 Å². The number of nitrogens with one attached hydrogen (secondary N) is 1. The Morgan fingerprint density at radius 2 is 2.24 bits per heavy atom. The van der Waals surface area contributed by atoms with Crippen LogP contribution in [-0.4, -0.2) is 12.5 Å². The zero-order valence-electron chi connectivity index (χ0n) is 9.37. The molecule has 0 heterocycles. The number of nitriles is 1. The summed E-state index contributed by atoms with van der Waals surface area (Å²) in [6.45, 7) is 0.549. The quantitative estimate of drug-likeness (QED) is 0.763. The number of unbranched alkanes of at least 4 members (excludes halogenated alkanes) is 1. The van der Waals surface area contributed by atoms with E-state index >= 15 is 0 Å². The first-order chi connectivity index (χ1) is 8.17. The maximum Gasteiger partial charge on any atom is 0.224 e. The van der Waals surface area contributed by atoms with Gasteiger partial charge in [0, 0.05) is 6.42 Å². The fraction of sp³-hybridized carbons (Fsp3) is 0.333. The maximum atomic E-state index is 12.8. The lowest BCUT2D eigenvalue weighted by atomic mass is 10.1. The Morgan fingerprint density at radius 1 is 1.47 bits per heavy atom. The van der Waals surface area contributed by atoms with Crippen molar-refractivity contribution >= 4 is 11.6 Å². The van der Waals surface area contributed by atoms with Gasteiger partial charge in [-0.2, -0.15) is 5.26 Å². The van der Waals surface area contributed by atoms with Gasteiger partial charge in [-0.1, -0.05) is 0 Å². The lowest BCUT2D eigenvalue weighted by molar-refractivity contribution is -0.116. The number of rotatable bonds is 5. The van der Waals surface area contributed by atoms with Gasteiger partial charge in [0.1, 0.15) is 11.9 Å². The van der Waals surface area contributed by atoms with Crippen LogP contribution in [0.4, 0.5) is 10.1 Å². The minimum absolute atomic E-state index is 0.122. The molecule has 1 rings (SSSR count). The smallest absolute Gasteiger partial charge is 0.224 e. The molecule has 90 valence electrons. The number of benzene rings is 1. The van der Waals surface area contributed by atoms with Crippen molar-refractivity contribution in [2.24, 2.45) is 5.73 Å². The molecule has 0 atom stereocenters. The van der Waals surface area contributed by atoms with Gasteiger partial charge in [-0.25, -0.2) is 4.39 Å². The molecule has 0 saturated heterocycles. The van der Waals surface area contributed by atoms with Crippen LogP contribution < -0.4 is 11.1 Å². The Balaban J connectivity index is 2.62. The zero-order valence-corrected chi connectivity index (χ0v) is 9.37. The van der Waals surface area contributed by atoms with Crippen LogP contribution in [0, 0.1) is 17.1 Å². The Labute approximate surface area is 99.2 Å². The Kier molecular flexibility index (Phi) is 5.11. The molecule has 17 heavy (non-hydrogen) atoms. The fourth-order valence-electron chi connectivity index (χ4n) is 1.36. The van der Waals surface area contributed by atoms with Crippen LogP contribution in [0.5, 0.6) is 0 Å². The molecule has 0 aliphatic carbocycles. The van der Waals surface area contributed by atoms with E-state index in [0.717, 1.165) is 12.5 Å². The third-order valence-electron chi connectivity index (χ3n) is 2.23. The molecule has 1 aromatic rings. The highest BCUT2D eigenvalue weighted by Gasteiger charge is 2.07. The normalized spacial score (nSPS) is 9.71. The highest BCUT2D eigenvalue weighted by molar-refractivity contribution is 5.92. The van der Waals surface area contributed by atoms with Crippen LogP contribution in [0.2, 0.25) is 0 Å². The van der Waals surface area contributed by atoms with Gasteiger partial charge in [-0.05, 0) is 37.6 Å². The van der Waals surface area contributed by atoms with E-state index in [-0.39, 0.29) is 11.5 Å². The second-order valence-electron chi connectivity index (χ2n) is 3.60. The first-order valence-electron chi connectivity index (χ1n) is 5.37. The van der Waals surface area contributed by atoms with E-state index in [2.05, 4.69) is 5.32 Å². The van der Waals surface area contributed by atoms with Crippen LogP contribution in [0.25, 0.3) is 0 Å². The second kappa shape index (κ2) is 6.61. The van der Waals surface area contributed by atoms with Crippen molar-refractivity contribution in [1.82, 2.24) is 0 Å². The molecule has 0 bridgehead atoms. The monoisotopic (exact) mass is 235 g/mol. The van der Waals surface area contributed by atoms with E-state index in [9.17, 15) is 9.18 Å². The summed E-state index contributed by atoms with van der Waals surface area (Å²) in [7, 11) is 0. The topological polar surface area (TPSA) is 78.9 Å². The summed E-state index contributed by atoms with van der Waals surface area (Å²) in [5, 5.41) is 11.4. The van der Waals surface area contributed by atoms with Gasteiger partial charge in [-0.15, -0.1) is 0 Å². The summed E-state index contributed by atoms with van der Waals surface area (Å²) in [6.07, 6.45) is 1.83. The number of carbonyl (C=O) groups is 1. The molecule has 0 spiro atoms. The van der Waals surface area contributed by atoms with Crippen LogP contribution in [-0.2, 0) is 4.79 Å². The molecule has 1 amide bonds. The maximum absolute atomic E-state index is 12.8. The van der Waals surface area contributed by atoms with E-state index < -0.39 is 5.82 Å². The van der Waals surface area contributed by atoms with Crippen molar-refractivity contribution in [3.63, 3.8) is 0 Å². The summed E-state index contributed by atoms with van der Waals surface area (Å²) in [6, 6.07) is 5.52. The number of hydrogen-bond acceptors (Lipinski definition) is 3. The molecular formula is C12H14FN3O. The SMILES string of the molecule is N#Cc1cc(F)ccc1NC(=O)CCCCN. The van der Waals surface area contributed by atoms with Crippen molar-refractivity contribution in [1.29, 1.82) is 5.26 Å². The number of anilines is 1. The Hall–Kier alpha value is -1.93. The zero-order chi connectivity index (χ0) is 12.7. The third kappa shape index (κ3) is 4.21. The van der Waals surface area contributed by atoms with Crippen LogP contribution in [0.3, 0.4) is 0 Å². The van der Waals surface area contributed by atoms with Gasteiger partial charge in [0.25, 0.3) is 0 Å². The van der Waals surface area contributed by atoms with Crippen LogP contribution >= 0.6 is 0 Å². The number of amides is 1. The highest BCUT2D eigenvalue weighted by Crippen LogP contribution is 2.16. The molecule has 0 aromatic heterocycles. The van der Waals surface area contributed by atoms with Crippen molar-refractivity contribution in [3.05, 3.63) is 29.6 Å². The number of nitrogens with zero attached hydrogens (tertiary/aromatic N) is 1. The Bertz CT molecular complexity index is 440. The van der Waals surface area contributed by atoms with Gasteiger partial charge >= 0.3 is 0 Å². The average molecular weight is 235 g/mol. The molecule has 5 heteroatoms. The summed E-state index contributed by atoms with van der Waals surface area (Å²) >= 11 is 0. The van der Waals surface area contributed by atoms with Gasteiger partial charge in [-0.3, -0.25) is 4.79 Å². The largest absolute Gasteiger partial charge is 0.330 e. The lowest BCUT2D eigenvalue weighted by Crippen LogP contribution is -2.13. The highest BCUT2D eigenvalue weighted by atomic mass is 19.1. The third-order valence-corrected chi connectivity index (χ3v) is 2.23. The summed E-state index contributed by atoms with van der Waals surface area (Å²) in [5.41, 5.74) is 5.78. The summed E-state index contributed by atoms with van der Waals surface area (Å²) < 4.78 is 12.8. The van der Waals surface area contributed by atoms with Crippen LogP contribution in [0.15, 0.2) is 18.2 Å². The van der Waals surface area contributed by atoms with Crippen molar-refractivity contribution < 1.29 is 9.18 Å². The molecule has 0 aliphatic rings. The van der Waals surface area contributed by atoms with Crippen LogP contribution in [0.1, 0.15) is 24.8 Å². The van der Waals surface area contributed by atoms with E-state index in [4.69, 9.17) is 11.0 Å². The van der Waals surface area contributed by atoms with Crippen molar-refractivity contribution in [2.75, 3.05) is 11.9 Å². The fourth-order valence-corrected chi connectivity index (χ4v) is 1.36. The van der Waals surface area contributed by atoms with Gasteiger partial charge < -0.3 is 11.1 Å². The van der Waals surface area contributed by atoms with E-state index in [1.54, 1.807) is 0 Å². The number of carbonyl (C=O) groups excluding carboxylic acids is 1. The van der Waals surface area contributed by atoms with E-state index in [1.807, 2.05) is 6.07 Å². The predicted molar refractivity (Wildman–Crippen MR) is 62.7 cm³/mol. The molecular weight excluding hydrogens is 221 g/mol. The molecule has 0 radical (unpaired) electrons. The van der Waals surface area contributed by atoms with Crippen molar-refractivity contribution in [2.45, 2.75) is 19.3 Å². The standard InChI is InChI=1S/C12H14FN3O/c13-10-4-5-11(9(7-10)8-15)16-12(17)3-1-2-6-14/h4-5,7H,1-3,6,14H2,(H,16,17). The lowest BCUT2D eigenvalue weighted by Gasteiger charge is -2.06. The Morgan fingerprint density at radius 3 is 2.88 bits per heavy atom. The van der Waals surface area contributed by atoms with Gasteiger partial charge in [0.15, 0.2) is 0 Å². The number of hydrogen-bond donors (Lipinski definition) is 2. The van der Waals surface area contributed by atoms with Crippen molar-refractivity contribution in [3.8, 4) is 6.07 Å². The van der Waals surface area contributed by atoms with Gasteiger partial charge in [0.2, 0.25) is 5.91 Å². The average Bonchev–Trinajstić information content (AvgIpc) is 2.32. The molecule has 0 aliphatic heterocycles. The minimum atomic E-state index is -0.498. The summed E-state index contributed by atoms with van der Waals surface area (Å²) in [4.78, 5) is 11.5. The molecule has 0 fully saturated rings. The first-order valence-corrected chi connectivity index (χ1v) is 5.37. The second-order valence-corrected chi connectivity index (χ2v) is 3.60. The molecule has 1 aromatic carbocycles. The summed E-state index contributed by atoms with van der Waals surface area (Å²) in [5.74, 6) is -0.691. The number of nitrogens with two attached hydrogens (primary N) is 1. The first kappa shape index (κ1) is 13.1. The molecule has 0 saturated carbocycles. The molecule has 3 N–H and O–H groups in total. The molecule has 0 unspecified atom stereocenters. The van der Waals surface area contributed by atoms with Gasteiger partial charge in [0.05, 0.1) is 11.3 Å². The number of halogens is 1. The minimum Gasteiger partial charge on any atom is -0.330 e.